The molecule has 0 radical (unpaired) electrons. The smallest absolute Gasteiger partial charge is 0.744 e. The molecule has 2 atom stereocenters. The van der Waals surface area contributed by atoms with Gasteiger partial charge in [-0.3, -0.25) is 19.2 Å². The number of nitrogens with one attached hydrogen (secondary N) is 2. The van der Waals surface area contributed by atoms with E-state index in [-0.39, 0.29) is 136 Å². The van der Waals surface area contributed by atoms with Crippen molar-refractivity contribution in [1.82, 2.24) is 0 Å². The van der Waals surface area contributed by atoms with Gasteiger partial charge in [0, 0.05) is 11.4 Å². The third kappa shape index (κ3) is 13.6. The Morgan fingerprint density at radius 3 is 1.15 bits per heavy atom. The Balaban J connectivity index is 0.00000504. The van der Waals surface area contributed by atoms with Crippen LogP contribution in [0.15, 0.2) is 115 Å². The van der Waals surface area contributed by atoms with Crippen LogP contribution in [-0.2, 0) is 39.4 Å². The average molecular weight is 866 g/mol. The first-order chi connectivity index (χ1) is 24.3. The van der Waals surface area contributed by atoms with E-state index < -0.39 is 65.5 Å². The fourth-order valence-corrected chi connectivity index (χ4v) is 5.62. The van der Waals surface area contributed by atoms with Gasteiger partial charge in [0.1, 0.15) is 31.6 Å². The predicted molar refractivity (Wildman–Crippen MR) is 186 cm³/mol. The van der Waals surface area contributed by atoms with Crippen LogP contribution in [0, 0.1) is 0 Å². The molecular formula is C32H24Cl2K2N6O10S2. The van der Waals surface area contributed by atoms with Crippen molar-refractivity contribution >= 4 is 89.6 Å². The van der Waals surface area contributed by atoms with Crippen molar-refractivity contribution in [3.63, 3.8) is 0 Å². The Bertz CT molecular complexity index is 2180. The molecule has 2 unspecified atom stereocenters. The maximum Gasteiger partial charge on any atom is 1.00 e. The molecule has 4 aromatic rings. The summed E-state index contributed by atoms with van der Waals surface area (Å²) in [4.78, 5) is 48.8. The van der Waals surface area contributed by atoms with Gasteiger partial charge in [0.05, 0.1) is 19.8 Å². The minimum Gasteiger partial charge on any atom is -0.744 e. The SMILES string of the molecule is CC(=O)C(N=Nc1ccc(-c2ccc(N=NC(C(C)=O)C(=O)Nc3ccc(S(=O)(=O)[O-])cc3)c(Cl)c2)cc1Cl)C(=O)Nc1ccc(S(=O)(=O)[O-])cc1.[K+].[K+]. The van der Waals surface area contributed by atoms with E-state index in [9.17, 15) is 45.1 Å². The van der Waals surface area contributed by atoms with E-state index in [1.54, 1.807) is 12.1 Å². The van der Waals surface area contributed by atoms with Crippen molar-refractivity contribution in [2.45, 2.75) is 35.7 Å². The fraction of sp³-hybridized carbons (Fsp3) is 0.125. The number of hydrogen-bond donors (Lipinski definition) is 2. The minimum absolute atomic E-state index is 0. The molecule has 4 aromatic carbocycles. The van der Waals surface area contributed by atoms with Gasteiger partial charge in [0.15, 0.2) is 11.6 Å². The molecule has 4 rings (SSSR count). The van der Waals surface area contributed by atoms with Crippen LogP contribution < -0.4 is 113 Å². The summed E-state index contributed by atoms with van der Waals surface area (Å²) >= 11 is 12.8. The van der Waals surface area contributed by atoms with E-state index in [1.165, 1.54) is 48.5 Å². The van der Waals surface area contributed by atoms with Crippen LogP contribution in [0.3, 0.4) is 0 Å². The number of halogens is 2. The predicted octanol–water partition coefficient (Wildman–Crippen LogP) is -0.163. The van der Waals surface area contributed by atoms with E-state index in [1.807, 2.05) is 0 Å². The number of carbonyl (C=O) groups is 4. The number of carbonyl (C=O) groups excluding carboxylic acids is 4. The topological polar surface area (TPSA) is 256 Å². The Kier molecular flexibility index (Phi) is 18.7. The molecule has 0 spiro atoms. The van der Waals surface area contributed by atoms with Gasteiger partial charge in [0.25, 0.3) is 11.8 Å². The zero-order valence-corrected chi connectivity index (χ0v) is 38.1. The number of rotatable bonds is 13. The van der Waals surface area contributed by atoms with E-state index in [2.05, 4.69) is 31.1 Å². The molecule has 0 aliphatic carbocycles. The van der Waals surface area contributed by atoms with Crippen molar-refractivity contribution in [2.75, 3.05) is 10.6 Å². The van der Waals surface area contributed by atoms with E-state index >= 15 is 0 Å². The van der Waals surface area contributed by atoms with Gasteiger partial charge in [0.2, 0.25) is 12.1 Å². The summed E-state index contributed by atoms with van der Waals surface area (Å²) < 4.78 is 66.7. The zero-order chi connectivity index (χ0) is 38.4. The number of hydrogen-bond acceptors (Lipinski definition) is 14. The second kappa shape index (κ2) is 21.0. The van der Waals surface area contributed by atoms with Crippen LogP contribution in [0.4, 0.5) is 22.7 Å². The molecule has 2 N–H and O–H groups in total. The first-order valence-corrected chi connectivity index (χ1v) is 18.1. The monoisotopic (exact) mass is 864 g/mol. The van der Waals surface area contributed by atoms with Gasteiger partial charge < -0.3 is 19.7 Å². The number of ketones is 2. The van der Waals surface area contributed by atoms with E-state index in [4.69, 9.17) is 23.2 Å². The number of amides is 2. The largest absolute Gasteiger partial charge is 1.00 e. The maximum atomic E-state index is 12.7. The second-order valence-electron chi connectivity index (χ2n) is 10.7. The summed E-state index contributed by atoms with van der Waals surface area (Å²) in [6.45, 7) is 2.25. The minimum atomic E-state index is -4.69. The Morgan fingerprint density at radius 1 is 0.574 bits per heavy atom. The van der Waals surface area contributed by atoms with Gasteiger partial charge in [-0.25, -0.2) is 16.8 Å². The summed E-state index contributed by atoms with van der Waals surface area (Å²) in [5, 5.41) is 20.6. The molecule has 0 aliphatic rings. The third-order valence-corrected chi connectivity index (χ3v) is 9.18. The van der Waals surface area contributed by atoms with Crippen LogP contribution in [0.5, 0.6) is 0 Å². The van der Waals surface area contributed by atoms with Crippen LogP contribution in [-0.4, -0.2) is 61.4 Å². The van der Waals surface area contributed by atoms with Crippen LogP contribution in [0.1, 0.15) is 13.8 Å². The van der Waals surface area contributed by atoms with Crippen LogP contribution >= 0.6 is 23.2 Å². The third-order valence-electron chi connectivity index (χ3n) is 6.88. The molecule has 22 heteroatoms. The first kappa shape index (κ1) is 48.2. The summed E-state index contributed by atoms with van der Waals surface area (Å²) in [5.74, 6) is -3.04. The summed E-state index contributed by atoms with van der Waals surface area (Å²) in [6.07, 6.45) is 0. The molecule has 16 nitrogen and oxygen atoms in total. The van der Waals surface area contributed by atoms with Crippen LogP contribution in [0.25, 0.3) is 11.1 Å². The Hall–Kier alpha value is -1.97. The van der Waals surface area contributed by atoms with Crippen molar-refractivity contribution in [2.24, 2.45) is 20.5 Å². The van der Waals surface area contributed by atoms with Crippen molar-refractivity contribution in [3.05, 3.63) is 95.0 Å². The summed E-state index contributed by atoms with van der Waals surface area (Å²) in [6, 6.07) is 14.8. The number of azo groups is 2. The molecule has 54 heavy (non-hydrogen) atoms. The molecule has 0 bridgehead atoms. The van der Waals surface area contributed by atoms with Gasteiger partial charge in [-0.1, -0.05) is 35.3 Å². The molecule has 0 aliphatic heterocycles. The van der Waals surface area contributed by atoms with Crippen molar-refractivity contribution < 1.29 is 148 Å². The Morgan fingerprint density at radius 2 is 0.889 bits per heavy atom. The van der Waals surface area contributed by atoms with Gasteiger partial charge >= 0.3 is 103 Å². The van der Waals surface area contributed by atoms with Gasteiger partial charge in [-0.2, -0.15) is 20.5 Å². The molecule has 270 valence electrons. The van der Waals surface area contributed by atoms with E-state index in [0.717, 1.165) is 38.1 Å². The number of anilines is 2. The van der Waals surface area contributed by atoms with Gasteiger partial charge in [-0.05, 0) is 97.8 Å². The van der Waals surface area contributed by atoms with Gasteiger partial charge in [-0.15, -0.1) is 0 Å². The quantitative estimate of drug-likeness (QED) is 0.0777. The number of benzene rings is 4. The second-order valence-corrected chi connectivity index (χ2v) is 14.3. The maximum absolute atomic E-state index is 12.7. The fourth-order valence-electron chi connectivity index (χ4n) is 4.24. The van der Waals surface area contributed by atoms with E-state index in [0.29, 0.717) is 11.1 Å². The first-order valence-electron chi connectivity index (χ1n) is 14.5. The Labute approximate surface area is 404 Å². The molecule has 0 saturated carbocycles. The standard InChI is InChI=1S/C32H26Cl2N6O10S2.2K/c1-17(41)29(31(43)35-21-5-9-23(10-6-21)51(45,46)47)39-37-27-13-3-19(15-25(27)33)20-4-14-28(26(34)16-20)38-40-30(18(2)42)32(44)36-22-7-11-24(12-8-22)52(48,49)50;;/h3-16,29-30H,1-2H3,(H,35,43)(H,36,44)(H,45,46,47)(H,48,49,50);;/q;2*+1/p-2. The molecular weight excluding hydrogens is 842 g/mol. The molecule has 0 fully saturated rings. The average Bonchev–Trinajstić information content (AvgIpc) is 3.05. The van der Waals surface area contributed by atoms with Crippen molar-refractivity contribution in [3.8, 4) is 11.1 Å². The number of nitrogens with zero attached hydrogens (tertiary/aromatic N) is 4. The van der Waals surface area contributed by atoms with Crippen LogP contribution in [0.2, 0.25) is 10.0 Å². The summed E-state index contributed by atoms with van der Waals surface area (Å²) in [5.41, 5.74) is 1.58. The summed E-state index contributed by atoms with van der Waals surface area (Å²) in [7, 11) is -9.37. The van der Waals surface area contributed by atoms with Crippen molar-refractivity contribution in [1.29, 1.82) is 0 Å². The normalized spacial score (nSPS) is 12.6. The molecule has 2 amide bonds. The molecule has 0 heterocycles. The molecule has 0 saturated heterocycles. The molecule has 0 aromatic heterocycles. The zero-order valence-electron chi connectivity index (χ0n) is 28.7. The number of Topliss-reactive ketones (excluding diaryl/α,β-unsaturated/α-hetero) is 2.